The van der Waals surface area contributed by atoms with Crippen molar-refractivity contribution in [2.45, 2.75) is 19.8 Å². The Balaban J connectivity index is 2.51. The van der Waals surface area contributed by atoms with Gasteiger partial charge < -0.3 is 4.98 Å². The molecule has 0 atom stereocenters. The summed E-state index contributed by atoms with van der Waals surface area (Å²) in [6.07, 6.45) is 1.71. The summed E-state index contributed by atoms with van der Waals surface area (Å²) >= 11 is 6.10. The van der Waals surface area contributed by atoms with E-state index in [2.05, 4.69) is 24.9 Å². The van der Waals surface area contributed by atoms with Gasteiger partial charge in [0.1, 0.15) is 0 Å². The predicted octanol–water partition coefficient (Wildman–Crippen LogP) is 3.82. The van der Waals surface area contributed by atoms with Crippen molar-refractivity contribution in [1.29, 1.82) is 0 Å². The smallest absolute Gasteiger partial charge is 0.247 e. The average molecular weight is 248 g/mol. The summed E-state index contributed by atoms with van der Waals surface area (Å²) in [4.78, 5) is 13.7. The van der Waals surface area contributed by atoms with E-state index in [1.54, 1.807) is 12.3 Å². The summed E-state index contributed by atoms with van der Waals surface area (Å²) in [7, 11) is 0. The molecule has 2 nitrogen and oxygen atoms in total. The number of hydrogen-bond donors (Lipinski definition) is 1. The third-order valence-corrected chi connectivity index (χ3v) is 2.92. The highest BCUT2D eigenvalue weighted by atomic mass is 35.5. The molecule has 0 saturated carbocycles. The van der Waals surface area contributed by atoms with Gasteiger partial charge in [-0.2, -0.15) is 0 Å². The molecule has 0 aliphatic heterocycles. The zero-order valence-corrected chi connectivity index (χ0v) is 10.6. The fourth-order valence-corrected chi connectivity index (χ4v) is 1.95. The SMILES string of the molecule is CC(C)c1cc(Cl)cc(-c2ccc(=O)[nH]c2)c1. The summed E-state index contributed by atoms with van der Waals surface area (Å²) in [5, 5.41) is 0.720. The second-order valence-electron chi connectivity index (χ2n) is 4.37. The lowest BCUT2D eigenvalue weighted by Gasteiger charge is -2.09. The van der Waals surface area contributed by atoms with E-state index in [1.165, 1.54) is 11.6 Å². The summed E-state index contributed by atoms with van der Waals surface area (Å²) in [6.45, 7) is 4.25. The van der Waals surface area contributed by atoms with Crippen molar-refractivity contribution in [3.05, 3.63) is 57.5 Å². The third kappa shape index (κ3) is 2.77. The Bertz CT molecular complexity index is 567. The Morgan fingerprint density at radius 2 is 1.88 bits per heavy atom. The minimum absolute atomic E-state index is 0.0974. The topological polar surface area (TPSA) is 32.9 Å². The van der Waals surface area contributed by atoms with Crippen LogP contribution >= 0.6 is 11.6 Å². The normalized spacial score (nSPS) is 10.8. The van der Waals surface area contributed by atoms with E-state index in [9.17, 15) is 4.79 Å². The largest absolute Gasteiger partial charge is 0.328 e. The Morgan fingerprint density at radius 3 is 2.47 bits per heavy atom. The highest BCUT2D eigenvalue weighted by Gasteiger charge is 2.05. The second-order valence-corrected chi connectivity index (χ2v) is 4.81. The second kappa shape index (κ2) is 4.76. The van der Waals surface area contributed by atoms with Gasteiger partial charge in [-0.3, -0.25) is 4.79 Å². The number of rotatable bonds is 2. The van der Waals surface area contributed by atoms with E-state index < -0.39 is 0 Å². The molecule has 0 amide bonds. The van der Waals surface area contributed by atoms with E-state index in [0.29, 0.717) is 5.92 Å². The van der Waals surface area contributed by atoms with Gasteiger partial charge >= 0.3 is 0 Å². The number of hydrogen-bond acceptors (Lipinski definition) is 1. The van der Waals surface area contributed by atoms with Gasteiger partial charge in [-0.15, -0.1) is 0 Å². The molecule has 0 aliphatic rings. The molecular weight excluding hydrogens is 234 g/mol. The fraction of sp³-hybridized carbons (Fsp3) is 0.214. The minimum atomic E-state index is -0.0974. The maximum absolute atomic E-state index is 11.0. The molecule has 0 aliphatic carbocycles. The van der Waals surface area contributed by atoms with Gasteiger partial charge in [-0.25, -0.2) is 0 Å². The van der Waals surface area contributed by atoms with Gasteiger partial charge in [-0.05, 0) is 40.8 Å². The lowest BCUT2D eigenvalue weighted by molar-refractivity contribution is 0.867. The summed E-state index contributed by atoms with van der Waals surface area (Å²) in [5.74, 6) is 0.426. The molecule has 3 heteroatoms. The van der Waals surface area contributed by atoms with E-state index in [4.69, 9.17) is 11.6 Å². The molecule has 0 radical (unpaired) electrons. The van der Waals surface area contributed by atoms with Gasteiger partial charge in [-0.1, -0.05) is 31.5 Å². The molecule has 1 N–H and O–H groups in total. The molecule has 0 bridgehead atoms. The van der Waals surface area contributed by atoms with E-state index >= 15 is 0 Å². The van der Waals surface area contributed by atoms with Crippen LogP contribution in [-0.4, -0.2) is 4.98 Å². The maximum Gasteiger partial charge on any atom is 0.247 e. The first kappa shape index (κ1) is 11.9. The zero-order chi connectivity index (χ0) is 12.4. The summed E-state index contributed by atoms with van der Waals surface area (Å²) in [6, 6.07) is 9.30. The van der Waals surface area contributed by atoms with Crippen molar-refractivity contribution in [3.63, 3.8) is 0 Å². The highest BCUT2D eigenvalue weighted by molar-refractivity contribution is 6.31. The van der Waals surface area contributed by atoms with Crippen LogP contribution in [-0.2, 0) is 0 Å². The van der Waals surface area contributed by atoms with Gasteiger partial charge in [0.25, 0.3) is 0 Å². The van der Waals surface area contributed by atoms with Gasteiger partial charge in [0.05, 0.1) is 0 Å². The lowest BCUT2D eigenvalue weighted by Crippen LogP contribution is -2.01. The molecule has 0 saturated heterocycles. The summed E-state index contributed by atoms with van der Waals surface area (Å²) < 4.78 is 0. The number of halogens is 1. The van der Waals surface area contributed by atoms with Crippen molar-refractivity contribution in [2.75, 3.05) is 0 Å². The van der Waals surface area contributed by atoms with Crippen LogP contribution in [0.4, 0.5) is 0 Å². The van der Waals surface area contributed by atoms with Crippen LogP contribution in [0.2, 0.25) is 5.02 Å². The van der Waals surface area contributed by atoms with Crippen molar-refractivity contribution in [1.82, 2.24) is 4.98 Å². The van der Waals surface area contributed by atoms with Crippen molar-refractivity contribution >= 4 is 11.6 Å². The monoisotopic (exact) mass is 247 g/mol. The number of aromatic nitrogens is 1. The van der Waals surface area contributed by atoms with Gasteiger partial charge in [0.2, 0.25) is 5.56 Å². The van der Waals surface area contributed by atoms with Crippen LogP contribution in [0.1, 0.15) is 25.3 Å². The molecule has 1 aromatic heterocycles. The van der Waals surface area contributed by atoms with Gasteiger partial charge in [0.15, 0.2) is 0 Å². The molecule has 1 heterocycles. The first-order valence-corrected chi connectivity index (χ1v) is 5.93. The standard InChI is InChI=1S/C14H14ClNO/c1-9(2)11-5-12(7-13(15)6-11)10-3-4-14(17)16-8-10/h3-9H,1-2H3,(H,16,17). The molecule has 88 valence electrons. The molecular formula is C14H14ClNO. The lowest BCUT2D eigenvalue weighted by atomic mass is 9.98. The number of nitrogens with one attached hydrogen (secondary N) is 1. The molecule has 2 aromatic rings. The Hall–Kier alpha value is -1.54. The Labute approximate surface area is 105 Å². The first-order valence-electron chi connectivity index (χ1n) is 5.56. The van der Waals surface area contributed by atoms with Crippen LogP contribution < -0.4 is 5.56 Å². The van der Waals surface area contributed by atoms with Gasteiger partial charge in [0, 0.05) is 17.3 Å². The molecule has 1 aromatic carbocycles. The Kier molecular flexibility index (Phi) is 3.34. The maximum atomic E-state index is 11.0. The molecule has 17 heavy (non-hydrogen) atoms. The van der Waals surface area contributed by atoms with Crippen LogP contribution in [0.25, 0.3) is 11.1 Å². The third-order valence-electron chi connectivity index (χ3n) is 2.70. The molecule has 0 spiro atoms. The minimum Gasteiger partial charge on any atom is -0.328 e. The number of aromatic amines is 1. The fourth-order valence-electron chi connectivity index (χ4n) is 1.70. The van der Waals surface area contributed by atoms with Crippen molar-refractivity contribution < 1.29 is 0 Å². The van der Waals surface area contributed by atoms with Crippen molar-refractivity contribution in [3.8, 4) is 11.1 Å². The predicted molar refractivity (Wildman–Crippen MR) is 71.6 cm³/mol. The van der Waals surface area contributed by atoms with E-state index in [-0.39, 0.29) is 5.56 Å². The van der Waals surface area contributed by atoms with Crippen LogP contribution in [0.15, 0.2) is 41.3 Å². The first-order chi connectivity index (χ1) is 8.06. The van der Waals surface area contributed by atoms with E-state index in [1.807, 2.05) is 12.1 Å². The Morgan fingerprint density at radius 1 is 1.12 bits per heavy atom. The van der Waals surface area contributed by atoms with Crippen LogP contribution in [0, 0.1) is 0 Å². The van der Waals surface area contributed by atoms with Crippen LogP contribution in [0.5, 0.6) is 0 Å². The molecule has 0 unspecified atom stereocenters. The van der Waals surface area contributed by atoms with Crippen molar-refractivity contribution in [2.24, 2.45) is 0 Å². The van der Waals surface area contributed by atoms with E-state index in [0.717, 1.165) is 16.1 Å². The quantitative estimate of drug-likeness (QED) is 0.860. The zero-order valence-electron chi connectivity index (χ0n) is 9.83. The molecule has 2 rings (SSSR count). The summed E-state index contributed by atoms with van der Waals surface area (Å²) in [5.41, 5.74) is 3.09. The van der Waals surface area contributed by atoms with Crippen LogP contribution in [0.3, 0.4) is 0 Å². The number of pyridine rings is 1. The number of benzene rings is 1. The average Bonchev–Trinajstić information content (AvgIpc) is 2.29. The highest BCUT2D eigenvalue weighted by Crippen LogP contribution is 2.27. The molecule has 0 fully saturated rings. The number of H-pyrrole nitrogens is 1.